The second-order valence-corrected chi connectivity index (χ2v) is 36.3. The molecule has 0 radical (unpaired) electrons. The monoisotopic (exact) mass is 1660 g/mol. The number of rotatable bonds is 45. The predicted molar refractivity (Wildman–Crippen MR) is 466 cm³/mol. The Labute approximate surface area is 713 Å². The van der Waals surface area contributed by atoms with Crippen LogP contribution in [0.25, 0.3) is 0 Å². The Morgan fingerprint density at radius 2 is 0.669 bits per heavy atom. The van der Waals surface area contributed by atoms with Crippen molar-refractivity contribution in [1.82, 2.24) is 0 Å². The Balaban J connectivity index is 0.000000502. The first-order valence-corrected chi connectivity index (χ1v) is 46.3. The Morgan fingerprint density at radius 1 is 0.356 bits per heavy atom. The molecule has 0 unspecified atom stereocenters. The van der Waals surface area contributed by atoms with Crippen molar-refractivity contribution in [3.8, 4) is 0 Å². The predicted octanol–water partition coefficient (Wildman–Crippen LogP) is 22.9. The molecule has 0 N–H and O–H groups in total. The van der Waals surface area contributed by atoms with Crippen molar-refractivity contribution in [3.63, 3.8) is 0 Å². The highest BCUT2D eigenvalue weighted by molar-refractivity contribution is 5.88. The summed E-state index contributed by atoms with van der Waals surface area (Å²) in [6.45, 7) is 43.7. The van der Waals surface area contributed by atoms with Crippen molar-refractivity contribution >= 4 is 59.7 Å². The Kier molecular flexibility index (Phi) is 57.7. The van der Waals surface area contributed by atoms with Gasteiger partial charge in [0.2, 0.25) is 0 Å². The summed E-state index contributed by atoms with van der Waals surface area (Å²) in [5.41, 5.74) is 1.01. The summed E-state index contributed by atoms with van der Waals surface area (Å²) >= 11 is 0. The molecule has 2 atom stereocenters. The zero-order chi connectivity index (χ0) is 87.8. The normalized spacial score (nSPS) is 23.3. The van der Waals surface area contributed by atoms with Crippen LogP contribution < -0.4 is 0 Å². The Morgan fingerprint density at radius 3 is 1.03 bits per heavy atom. The first-order valence-electron chi connectivity index (χ1n) is 46.3. The first kappa shape index (κ1) is 107. The molecule has 0 bridgehead atoms. The van der Waals surface area contributed by atoms with Crippen LogP contribution in [0.1, 0.15) is 373 Å². The molecule has 6 aliphatic rings. The maximum absolute atomic E-state index is 12.4. The zero-order valence-electron chi connectivity index (χ0n) is 76.2. The molecular formula is C98H164O20. The molecule has 6 rings (SSSR count). The lowest BCUT2D eigenvalue weighted by Crippen LogP contribution is -2.30. The van der Waals surface area contributed by atoms with E-state index in [4.69, 9.17) is 47.4 Å². The van der Waals surface area contributed by atoms with Crippen molar-refractivity contribution in [2.45, 2.75) is 397 Å². The van der Waals surface area contributed by atoms with Crippen molar-refractivity contribution in [2.24, 2.45) is 64.6 Å². The van der Waals surface area contributed by atoms with Crippen LogP contribution in [0.15, 0.2) is 61.3 Å². The molecule has 676 valence electrons. The van der Waals surface area contributed by atoms with Gasteiger partial charge in [-0.3, -0.25) is 24.0 Å². The first-order chi connectivity index (χ1) is 56.2. The van der Waals surface area contributed by atoms with Crippen LogP contribution in [0.2, 0.25) is 0 Å². The summed E-state index contributed by atoms with van der Waals surface area (Å²) in [6, 6.07) is 0. The molecule has 0 aromatic carbocycles. The summed E-state index contributed by atoms with van der Waals surface area (Å²) in [6.07, 6.45) is 50.0. The Hall–Kier alpha value is -6.60. The second kappa shape index (κ2) is 63.4. The topological polar surface area (TPSA) is 263 Å². The minimum atomic E-state index is -0.460. The fourth-order valence-electron chi connectivity index (χ4n) is 16.6. The van der Waals surface area contributed by atoms with Gasteiger partial charge in [-0.2, -0.15) is 0 Å². The largest absolute Gasteiger partial charge is 0.465 e. The van der Waals surface area contributed by atoms with Gasteiger partial charge in [-0.05, 0) is 210 Å². The van der Waals surface area contributed by atoms with Crippen LogP contribution in [-0.4, -0.2) is 124 Å². The van der Waals surface area contributed by atoms with Gasteiger partial charge in [0.1, 0.15) is 37.6 Å². The molecule has 6 fully saturated rings. The molecule has 20 heteroatoms. The number of unbranched alkanes of at least 4 members (excludes halogenated alkanes) is 6. The van der Waals surface area contributed by atoms with Crippen LogP contribution in [0.3, 0.4) is 0 Å². The maximum atomic E-state index is 12.4. The van der Waals surface area contributed by atoms with E-state index in [1.165, 1.54) is 167 Å². The van der Waals surface area contributed by atoms with Gasteiger partial charge in [-0.15, -0.1) is 0 Å². The minimum absolute atomic E-state index is 0.00175. The molecule has 6 aliphatic carbocycles. The second-order valence-electron chi connectivity index (χ2n) is 36.3. The fourth-order valence-corrected chi connectivity index (χ4v) is 16.6. The average Bonchev–Trinajstić information content (AvgIpc) is 0.857. The maximum Gasteiger partial charge on any atom is 0.333 e. The fraction of sp³-hybridized carbons (Fsp3) is 0.796. The molecule has 20 nitrogen and oxygen atoms in total. The number of ether oxygens (including phenoxy) is 10. The number of carbonyl (C=O) groups excluding carboxylic acids is 10. The molecule has 0 amide bonds. The van der Waals surface area contributed by atoms with Crippen LogP contribution >= 0.6 is 0 Å². The molecule has 118 heavy (non-hydrogen) atoms. The molecule has 0 saturated heterocycles. The van der Waals surface area contributed by atoms with E-state index >= 15 is 0 Å². The molecule has 0 spiro atoms. The highest BCUT2D eigenvalue weighted by Crippen LogP contribution is 2.43. The highest BCUT2D eigenvalue weighted by atomic mass is 16.6. The smallest absolute Gasteiger partial charge is 0.333 e. The summed E-state index contributed by atoms with van der Waals surface area (Å²) in [5.74, 6) is 2.74. The standard InChI is InChI=1S/C24H40O4.C21H36O4.C19H32O4.C18H30O4.C16H26O4/c1-5-6-19-7-9-20(10-8-19)21-11-13-22(14-12-21)24(26)28-16-18(4)15-27-23(25)17(2)3;1-6-7-8-9-17-10-12-18(13-11-17)25-19(22)14-21(4,5)15-24-20(23)16(2)3;1-4-6-7-8-16-9-11-17(12-10-16)23-19(21)13-15(3)14-22-18(20)5-2;1-4-5-6-7-15-8-10-16(11-9-15)22-17(19)12-13-21-18(20)14(2)3;1-4-5-13-6-8-14(9-7-13)20-15(17)10-11-19-16(18)12(2)3/h18-22H,2,5-16H2,1,3-4H3;17-18H,2,6-15H2,1,3-5H3;5,15-17H,2,4,6-14H2,1,3H3;15-16H,2,4-13H2,1,3H3;13-14H,2,4-11H2,1,3H3/t18-,19?,20?,21?,22?;;15-,16?,17?;;/m1.1../s1. The van der Waals surface area contributed by atoms with E-state index in [-0.39, 0.29) is 130 Å². The molecule has 6 saturated carbocycles. The summed E-state index contributed by atoms with van der Waals surface area (Å²) in [7, 11) is 0. The lowest BCUT2D eigenvalue weighted by Gasteiger charge is -2.37. The number of esters is 10. The van der Waals surface area contributed by atoms with Crippen LogP contribution in [0.5, 0.6) is 0 Å². The van der Waals surface area contributed by atoms with Crippen molar-refractivity contribution in [2.75, 3.05) is 39.6 Å². The van der Waals surface area contributed by atoms with E-state index < -0.39 is 29.3 Å². The minimum Gasteiger partial charge on any atom is -0.465 e. The van der Waals surface area contributed by atoms with E-state index in [9.17, 15) is 47.9 Å². The van der Waals surface area contributed by atoms with Crippen LogP contribution in [-0.2, 0) is 95.3 Å². The van der Waals surface area contributed by atoms with Gasteiger partial charge in [-0.25, -0.2) is 24.0 Å². The third-order valence-electron chi connectivity index (χ3n) is 24.0. The van der Waals surface area contributed by atoms with E-state index in [1.807, 2.05) is 27.7 Å². The van der Waals surface area contributed by atoms with Crippen LogP contribution in [0, 0.1) is 64.6 Å². The summed E-state index contributed by atoms with van der Waals surface area (Å²) < 4.78 is 52.6. The van der Waals surface area contributed by atoms with E-state index in [0.717, 1.165) is 137 Å². The third-order valence-corrected chi connectivity index (χ3v) is 24.0. The zero-order valence-corrected chi connectivity index (χ0v) is 76.2. The number of hydrogen-bond acceptors (Lipinski definition) is 20. The van der Waals surface area contributed by atoms with E-state index in [1.54, 1.807) is 27.7 Å². The van der Waals surface area contributed by atoms with E-state index in [2.05, 4.69) is 67.5 Å². The van der Waals surface area contributed by atoms with E-state index in [0.29, 0.717) is 35.3 Å². The average molecular weight is 1660 g/mol. The molecule has 0 aromatic heterocycles. The van der Waals surface area contributed by atoms with Gasteiger partial charge in [0, 0.05) is 45.6 Å². The number of hydrogen-bond donors (Lipinski definition) is 0. The third kappa shape index (κ3) is 51.2. The molecular weight excluding hydrogens is 1500 g/mol. The van der Waals surface area contributed by atoms with Gasteiger partial charge in [0.05, 0.1) is 58.0 Å². The summed E-state index contributed by atoms with van der Waals surface area (Å²) in [5, 5.41) is 0. The van der Waals surface area contributed by atoms with Gasteiger partial charge in [-0.1, -0.05) is 211 Å². The molecule has 0 aliphatic heterocycles. The SMILES string of the molecule is C=C(C)C(=O)OCC(C)(C)CC(=O)OC1CCC(CCCCC)CC1.C=C(C)C(=O)OCCC(=O)OC1CCC(CCC)CC1.C=C(C)C(=O)OCCC(=O)OC1CCC(CCCCC)CC1.C=C(C)C(=O)OC[C@@H](C)COC(=O)C1CCC(C2CCC(CCC)CC2)CC1.C=CC(=O)OC[C@H](C)CC(=O)OC1CCC(CCCCC)CC1. The van der Waals surface area contributed by atoms with Gasteiger partial charge >= 0.3 is 59.7 Å². The highest BCUT2D eigenvalue weighted by Gasteiger charge is 2.35. The quantitative estimate of drug-likeness (QED) is 0.0237. The Bertz CT molecular complexity index is 2930. The lowest BCUT2D eigenvalue weighted by molar-refractivity contribution is -0.156. The summed E-state index contributed by atoms with van der Waals surface area (Å²) in [4.78, 5) is 116. The van der Waals surface area contributed by atoms with Crippen molar-refractivity contribution in [3.05, 3.63) is 61.3 Å². The van der Waals surface area contributed by atoms with Gasteiger partial charge < -0.3 is 47.4 Å². The van der Waals surface area contributed by atoms with Crippen molar-refractivity contribution in [1.29, 1.82) is 0 Å². The van der Waals surface area contributed by atoms with Crippen molar-refractivity contribution < 1.29 is 95.3 Å². The lowest BCUT2D eigenvalue weighted by atomic mass is 9.69. The number of carbonyl (C=O) groups is 10. The van der Waals surface area contributed by atoms with Crippen LogP contribution in [0.4, 0.5) is 0 Å². The van der Waals surface area contributed by atoms with Gasteiger partial charge in [0.25, 0.3) is 0 Å². The van der Waals surface area contributed by atoms with Gasteiger partial charge in [0.15, 0.2) is 0 Å². The molecule has 0 aromatic rings. The molecule has 0 heterocycles.